The van der Waals surface area contributed by atoms with E-state index in [0.29, 0.717) is 33.0 Å². The molecule has 0 fully saturated rings. The first-order valence-electron chi connectivity index (χ1n) is 29.9. The van der Waals surface area contributed by atoms with Crippen LogP contribution in [0.25, 0.3) is 0 Å². The first-order chi connectivity index (χ1) is 41.8. The highest BCUT2D eigenvalue weighted by atomic mass is 16.5. The Morgan fingerprint density at radius 3 is 0.400 bits per heavy atom. The van der Waals surface area contributed by atoms with Gasteiger partial charge in [-0.25, -0.2) is 0 Å². The van der Waals surface area contributed by atoms with E-state index in [9.17, 15) is 0 Å². The minimum atomic E-state index is -0.570. The Morgan fingerprint density at radius 2 is 0.318 bits per heavy atom. The van der Waals surface area contributed by atoms with Crippen LogP contribution in [0, 0.1) is 0 Å². The summed E-state index contributed by atoms with van der Waals surface area (Å²) in [5, 5.41) is 46.2. The summed E-state index contributed by atoms with van der Waals surface area (Å²) in [6.45, 7) is 12.6. The summed E-state index contributed by atoms with van der Waals surface area (Å²) >= 11 is 0. The van der Waals surface area contributed by atoms with Crippen LogP contribution < -0.4 is 0 Å². The van der Waals surface area contributed by atoms with Crippen LogP contribution in [0.1, 0.15) is 117 Å². The second-order valence-electron chi connectivity index (χ2n) is 19.2. The lowest BCUT2D eigenvalue weighted by Crippen LogP contribution is -2.33. The van der Waals surface area contributed by atoms with E-state index in [1.165, 1.54) is 0 Å². The molecule has 0 heterocycles. The molecule has 0 bridgehead atoms. The van der Waals surface area contributed by atoms with E-state index in [4.69, 9.17) is 44.8 Å². The molecular formula is C76H94O9. The summed E-state index contributed by atoms with van der Waals surface area (Å²) < 4.78 is 19.6. The second-order valence-corrected chi connectivity index (χ2v) is 19.2. The summed E-state index contributed by atoms with van der Waals surface area (Å²) in [6, 6.07) is 94.4. The van der Waals surface area contributed by atoms with Gasteiger partial charge in [-0.05, 0) is 82.2 Å². The van der Waals surface area contributed by atoms with E-state index < -0.39 is 16.8 Å². The van der Waals surface area contributed by atoms with E-state index >= 15 is 0 Å². The summed E-state index contributed by atoms with van der Waals surface area (Å²) in [6.07, 6.45) is 4.69. The van der Waals surface area contributed by atoms with Crippen molar-refractivity contribution in [2.24, 2.45) is 0 Å². The first kappa shape index (κ1) is 71.9. The largest absolute Gasteiger partial charge is 0.396 e. The van der Waals surface area contributed by atoms with Crippen molar-refractivity contribution in [3.8, 4) is 0 Å². The predicted molar refractivity (Wildman–Crippen MR) is 349 cm³/mol. The Hall–Kier alpha value is -7.38. The van der Waals surface area contributed by atoms with Gasteiger partial charge in [-0.15, -0.1) is 0 Å². The molecule has 0 radical (unpaired) electrons. The molecule has 452 valence electrons. The minimum absolute atomic E-state index is 0.125. The SMILES string of the molecule is CCCO.CCCO.CCCOC(c1ccccc1)(c1ccccc1)c1ccccc1.CCCOC(c1ccccc1)(c1ccccc1)c1ccccc1.CCCOC(c1ccccc1)(c1ccccc1)c1ccccc1.OCCO.OCCO. The summed E-state index contributed by atoms with van der Waals surface area (Å²) in [7, 11) is 0. The molecule has 6 N–H and O–H groups in total. The average molecular weight is 1150 g/mol. The fourth-order valence-corrected chi connectivity index (χ4v) is 9.07. The zero-order valence-corrected chi connectivity index (χ0v) is 50.8. The average Bonchev–Trinajstić information content (AvgIpc) is 2.78. The standard InChI is InChI=1S/3C22H22O.2C3H8O.2C2H6O2/c3*1-2-18-23-22(19-12-6-3-7-13-19,20-14-8-4-9-15-20)21-16-10-5-11-17-21;2*1-2-3-4;2*3-1-2-4/h3*3-17H,2,18H2,1H3;2*4H,2-3H2,1H3;2*3-4H,1-2H2. The normalized spacial score (nSPS) is 10.6. The molecule has 0 spiro atoms. The second kappa shape index (κ2) is 44.1. The van der Waals surface area contributed by atoms with Gasteiger partial charge in [-0.3, -0.25) is 0 Å². The zero-order chi connectivity index (χ0) is 61.5. The Morgan fingerprint density at radius 1 is 0.200 bits per heavy atom. The highest BCUT2D eigenvalue weighted by Gasteiger charge is 2.39. The third kappa shape index (κ3) is 22.5. The van der Waals surface area contributed by atoms with Crippen molar-refractivity contribution in [3.63, 3.8) is 0 Å². The lowest BCUT2D eigenvalue weighted by atomic mass is 9.80. The highest BCUT2D eigenvalue weighted by molar-refractivity contribution is 5.50. The van der Waals surface area contributed by atoms with E-state index in [0.717, 1.165) is 82.2 Å². The van der Waals surface area contributed by atoms with Crippen molar-refractivity contribution in [1.82, 2.24) is 0 Å². The molecule has 0 atom stereocenters. The van der Waals surface area contributed by atoms with Crippen molar-refractivity contribution in [2.75, 3.05) is 59.5 Å². The number of aliphatic hydroxyl groups is 6. The Bertz CT molecular complexity index is 2280. The molecule has 0 aromatic heterocycles. The third-order valence-corrected chi connectivity index (χ3v) is 12.8. The number of benzene rings is 9. The van der Waals surface area contributed by atoms with Crippen molar-refractivity contribution in [3.05, 3.63) is 323 Å². The Balaban J connectivity index is 0.000000295. The summed E-state index contributed by atoms with van der Waals surface area (Å²) in [4.78, 5) is 0. The topological polar surface area (TPSA) is 149 Å². The molecular weight excluding hydrogens is 1060 g/mol. The van der Waals surface area contributed by atoms with Gasteiger partial charge in [0, 0.05) is 33.0 Å². The molecule has 9 nitrogen and oxygen atoms in total. The maximum Gasteiger partial charge on any atom is 0.143 e. The molecule has 0 saturated heterocycles. The van der Waals surface area contributed by atoms with E-state index in [2.05, 4.69) is 239 Å². The predicted octanol–water partition coefficient (Wildman–Crippen LogP) is 14.9. The first-order valence-corrected chi connectivity index (χ1v) is 29.9. The van der Waals surface area contributed by atoms with Crippen LogP contribution in [0.15, 0.2) is 273 Å². The van der Waals surface area contributed by atoms with Gasteiger partial charge in [0.25, 0.3) is 0 Å². The fraction of sp³-hybridized carbons (Fsp3) is 0.289. The third-order valence-electron chi connectivity index (χ3n) is 12.8. The molecule has 0 unspecified atom stereocenters. The van der Waals surface area contributed by atoms with Crippen LogP contribution in [0.3, 0.4) is 0 Å². The van der Waals surface area contributed by atoms with Crippen molar-refractivity contribution in [1.29, 1.82) is 0 Å². The molecule has 0 aliphatic carbocycles. The fourth-order valence-electron chi connectivity index (χ4n) is 9.07. The highest BCUT2D eigenvalue weighted by Crippen LogP contribution is 2.43. The molecule has 0 amide bonds. The monoisotopic (exact) mass is 1150 g/mol. The zero-order valence-electron chi connectivity index (χ0n) is 50.8. The van der Waals surface area contributed by atoms with Gasteiger partial charge in [0.15, 0.2) is 0 Å². The number of hydrogen-bond donors (Lipinski definition) is 6. The van der Waals surface area contributed by atoms with E-state index in [1.54, 1.807) is 0 Å². The van der Waals surface area contributed by atoms with Crippen LogP contribution in [-0.2, 0) is 31.0 Å². The Labute approximate surface area is 508 Å². The van der Waals surface area contributed by atoms with Crippen LogP contribution in [-0.4, -0.2) is 90.1 Å². The Kier molecular flexibility index (Phi) is 37.3. The van der Waals surface area contributed by atoms with Gasteiger partial charge in [-0.1, -0.05) is 308 Å². The number of ether oxygens (including phenoxy) is 3. The molecule has 85 heavy (non-hydrogen) atoms. The van der Waals surface area contributed by atoms with Crippen molar-refractivity contribution >= 4 is 0 Å². The summed E-state index contributed by atoms with van der Waals surface area (Å²) in [5.74, 6) is 0. The quantitative estimate of drug-likeness (QED) is 0.0365. The van der Waals surface area contributed by atoms with Crippen LogP contribution >= 0.6 is 0 Å². The maximum atomic E-state index is 7.88. The molecule has 9 rings (SSSR count). The van der Waals surface area contributed by atoms with Gasteiger partial charge >= 0.3 is 0 Å². The number of hydrogen-bond acceptors (Lipinski definition) is 9. The summed E-state index contributed by atoms with van der Waals surface area (Å²) in [5.41, 5.74) is 8.71. The van der Waals surface area contributed by atoms with Gasteiger partial charge in [-0.2, -0.15) is 0 Å². The van der Waals surface area contributed by atoms with Gasteiger partial charge in [0.2, 0.25) is 0 Å². The maximum absolute atomic E-state index is 7.88. The molecule has 9 aromatic rings. The lowest BCUT2D eigenvalue weighted by molar-refractivity contribution is 0.0132. The van der Waals surface area contributed by atoms with Gasteiger partial charge in [0.1, 0.15) is 16.8 Å². The van der Waals surface area contributed by atoms with Crippen LogP contribution in [0.2, 0.25) is 0 Å². The molecule has 0 aliphatic heterocycles. The molecule has 0 aliphatic rings. The minimum Gasteiger partial charge on any atom is -0.396 e. The van der Waals surface area contributed by atoms with E-state index in [1.807, 2.05) is 68.4 Å². The van der Waals surface area contributed by atoms with Crippen LogP contribution in [0.4, 0.5) is 0 Å². The lowest BCUT2D eigenvalue weighted by Gasteiger charge is -2.36. The van der Waals surface area contributed by atoms with Crippen molar-refractivity contribution in [2.45, 2.75) is 83.5 Å². The van der Waals surface area contributed by atoms with Crippen LogP contribution in [0.5, 0.6) is 0 Å². The molecule has 0 saturated carbocycles. The smallest absolute Gasteiger partial charge is 0.143 e. The molecule has 9 heteroatoms. The van der Waals surface area contributed by atoms with Gasteiger partial charge in [0.05, 0.1) is 26.4 Å². The van der Waals surface area contributed by atoms with E-state index in [-0.39, 0.29) is 26.4 Å². The van der Waals surface area contributed by atoms with Crippen molar-refractivity contribution < 1.29 is 44.8 Å². The molecule has 9 aromatic carbocycles. The number of aliphatic hydroxyl groups excluding tert-OH is 6. The van der Waals surface area contributed by atoms with Gasteiger partial charge < -0.3 is 44.8 Å². The number of rotatable bonds is 22.